The topological polar surface area (TPSA) is 55.1 Å². The summed E-state index contributed by atoms with van der Waals surface area (Å²) in [7, 11) is 0. The molecule has 3 nitrogen and oxygen atoms in total. The highest BCUT2D eigenvalue weighted by Gasteiger charge is 2.33. The first-order valence-corrected chi connectivity index (χ1v) is 6.33. The van der Waals surface area contributed by atoms with Crippen molar-refractivity contribution in [1.29, 1.82) is 0 Å². The molecule has 0 heterocycles. The van der Waals surface area contributed by atoms with E-state index in [-0.39, 0.29) is 17.7 Å². The quantitative estimate of drug-likeness (QED) is 0.723. The lowest BCUT2D eigenvalue weighted by atomic mass is 9.70. The minimum atomic E-state index is -0.335. The smallest absolute Gasteiger partial charge is 0.230 e. The average molecular weight is 242 g/mol. The lowest BCUT2D eigenvalue weighted by molar-refractivity contribution is -0.124. The van der Waals surface area contributed by atoms with Crippen LogP contribution in [-0.4, -0.2) is 17.4 Å². The molecular formula is C12H22N2OS. The van der Waals surface area contributed by atoms with Crippen molar-refractivity contribution < 1.29 is 4.79 Å². The molecule has 0 aromatic carbocycles. The number of thiocarbonyl (C=S) groups is 1. The van der Waals surface area contributed by atoms with Gasteiger partial charge in [-0.1, -0.05) is 39.4 Å². The van der Waals surface area contributed by atoms with Gasteiger partial charge in [-0.25, -0.2) is 0 Å². The van der Waals surface area contributed by atoms with Gasteiger partial charge in [0.25, 0.3) is 0 Å². The molecule has 0 bridgehead atoms. The van der Waals surface area contributed by atoms with Gasteiger partial charge in [0.05, 0.1) is 10.9 Å². The third-order valence-electron chi connectivity index (χ3n) is 3.51. The first-order chi connectivity index (χ1) is 7.36. The van der Waals surface area contributed by atoms with Crippen LogP contribution in [0.1, 0.15) is 40.0 Å². The molecule has 1 unspecified atom stereocenters. The lowest BCUT2D eigenvalue weighted by Crippen LogP contribution is -2.46. The standard InChI is InChI=1S/C12H22N2OS/c1-8(2)9(10(13)16)11(15)14-7-12(3)5-4-6-12/h8-9H,4-7H2,1-3H3,(H2,13,16)(H,14,15). The maximum Gasteiger partial charge on any atom is 0.230 e. The van der Waals surface area contributed by atoms with E-state index in [9.17, 15) is 4.79 Å². The van der Waals surface area contributed by atoms with Crippen molar-refractivity contribution in [2.45, 2.75) is 40.0 Å². The number of hydrogen-bond donors (Lipinski definition) is 2. The number of hydrogen-bond acceptors (Lipinski definition) is 2. The Morgan fingerprint density at radius 3 is 2.38 bits per heavy atom. The van der Waals surface area contributed by atoms with Gasteiger partial charge in [-0.3, -0.25) is 4.79 Å². The van der Waals surface area contributed by atoms with Crippen molar-refractivity contribution in [1.82, 2.24) is 5.32 Å². The Morgan fingerprint density at radius 1 is 1.50 bits per heavy atom. The SMILES string of the molecule is CC(C)C(C(=O)NCC1(C)CCC1)C(N)=S. The highest BCUT2D eigenvalue weighted by Crippen LogP contribution is 2.39. The first-order valence-electron chi connectivity index (χ1n) is 5.93. The predicted molar refractivity (Wildman–Crippen MR) is 70.1 cm³/mol. The highest BCUT2D eigenvalue weighted by atomic mass is 32.1. The molecule has 1 atom stereocenters. The largest absolute Gasteiger partial charge is 0.393 e. The van der Waals surface area contributed by atoms with Gasteiger partial charge < -0.3 is 11.1 Å². The van der Waals surface area contributed by atoms with E-state index in [2.05, 4.69) is 12.2 Å². The van der Waals surface area contributed by atoms with Gasteiger partial charge in [-0.05, 0) is 24.2 Å². The summed E-state index contributed by atoms with van der Waals surface area (Å²) in [4.78, 5) is 12.2. The van der Waals surface area contributed by atoms with E-state index in [1.54, 1.807) is 0 Å². The number of amides is 1. The van der Waals surface area contributed by atoms with Gasteiger partial charge in [0.2, 0.25) is 5.91 Å². The maximum absolute atomic E-state index is 11.9. The van der Waals surface area contributed by atoms with E-state index in [0.29, 0.717) is 10.4 Å². The molecule has 16 heavy (non-hydrogen) atoms. The molecule has 1 saturated carbocycles. The third-order valence-corrected chi connectivity index (χ3v) is 3.76. The zero-order valence-corrected chi connectivity index (χ0v) is 11.2. The molecule has 1 aliphatic carbocycles. The van der Waals surface area contributed by atoms with Crippen molar-refractivity contribution in [3.8, 4) is 0 Å². The van der Waals surface area contributed by atoms with Crippen LogP contribution < -0.4 is 11.1 Å². The molecular weight excluding hydrogens is 220 g/mol. The summed E-state index contributed by atoms with van der Waals surface area (Å²) in [5.41, 5.74) is 5.89. The Hall–Kier alpha value is -0.640. The molecule has 92 valence electrons. The summed E-state index contributed by atoms with van der Waals surface area (Å²) >= 11 is 4.94. The molecule has 0 spiro atoms. The summed E-state index contributed by atoms with van der Waals surface area (Å²) in [5.74, 6) is -0.194. The van der Waals surface area contributed by atoms with E-state index < -0.39 is 0 Å². The number of nitrogens with one attached hydrogen (secondary N) is 1. The predicted octanol–water partition coefficient (Wildman–Crippen LogP) is 1.85. The first kappa shape index (κ1) is 13.4. The summed E-state index contributed by atoms with van der Waals surface area (Å²) < 4.78 is 0. The van der Waals surface area contributed by atoms with Gasteiger partial charge >= 0.3 is 0 Å². The fourth-order valence-electron chi connectivity index (χ4n) is 2.13. The van der Waals surface area contributed by atoms with E-state index in [0.717, 1.165) is 6.54 Å². The fourth-order valence-corrected chi connectivity index (χ4v) is 2.51. The van der Waals surface area contributed by atoms with Crippen LogP contribution in [0.25, 0.3) is 0 Å². The van der Waals surface area contributed by atoms with Gasteiger partial charge in [-0.15, -0.1) is 0 Å². The summed E-state index contributed by atoms with van der Waals surface area (Å²) in [5, 5.41) is 2.98. The van der Waals surface area contributed by atoms with Crippen LogP contribution in [0.4, 0.5) is 0 Å². The van der Waals surface area contributed by atoms with Crippen molar-refractivity contribution in [2.24, 2.45) is 23.0 Å². The van der Waals surface area contributed by atoms with Crippen molar-refractivity contribution >= 4 is 23.1 Å². The second-order valence-electron chi connectivity index (χ2n) is 5.51. The van der Waals surface area contributed by atoms with E-state index in [1.807, 2.05) is 13.8 Å². The summed E-state index contributed by atoms with van der Waals surface area (Å²) in [6.45, 7) is 6.89. The van der Waals surface area contributed by atoms with Crippen molar-refractivity contribution in [3.05, 3.63) is 0 Å². The second kappa shape index (κ2) is 5.13. The highest BCUT2D eigenvalue weighted by molar-refractivity contribution is 7.80. The zero-order valence-electron chi connectivity index (χ0n) is 10.4. The second-order valence-corrected chi connectivity index (χ2v) is 5.98. The molecule has 3 N–H and O–H groups in total. The van der Waals surface area contributed by atoms with Crippen LogP contribution in [0, 0.1) is 17.3 Å². The van der Waals surface area contributed by atoms with Gasteiger partial charge in [-0.2, -0.15) is 0 Å². The van der Waals surface area contributed by atoms with Crippen LogP contribution in [0.2, 0.25) is 0 Å². The van der Waals surface area contributed by atoms with Crippen LogP contribution in [0.5, 0.6) is 0 Å². The van der Waals surface area contributed by atoms with Gasteiger partial charge in [0, 0.05) is 6.54 Å². The average Bonchev–Trinajstić information content (AvgIpc) is 2.10. The van der Waals surface area contributed by atoms with Crippen molar-refractivity contribution in [2.75, 3.05) is 6.54 Å². The number of carbonyl (C=O) groups excluding carboxylic acids is 1. The van der Waals surface area contributed by atoms with E-state index in [1.165, 1.54) is 19.3 Å². The molecule has 1 aliphatic rings. The van der Waals surface area contributed by atoms with Crippen LogP contribution in [0.15, 0.2) is 0 Å². The Kier molecular flexibility index (Phi) is 4.30. The molecule has 0 aromatic heterocycles. The fraction of sp³-hybridized carbons (Fsp3) is 0.833. The van der Waals surface area contributed by atoms with Gasteiger partial charge in [0.15, 0.2) is 0 Å². The number of carbonyl (C=O) groups is 1. The van der Waals surface area contributed by atoms with Crippen LogP contribution >= 0.6 is 12.2 Å². The Balaban J connectivity index is 2.46. The third kappa shape index (κ3) is 3.17. The Bertz CT molecular complexity index is 285. The summed E-state index contributed by atoms with van der Waals surface area (Å²) in [6, 6.07) is 0. The molecule has 1 amide bonds. The molecule has 0 aliphatic heterocycles. The molecule has 1 rings (SSSR count). The Morgan fingerprint density at radius 2 is 2.06 bits per heavy atom. The molecule has 0 radical (unpaired) electrons. The maximum atomic E-state index is 11.9. The van der Waals surface area contributed by atoms with Gasteiger partial charge in [0.1, 0.15) is 0 Å². The van der Waals surface area contributed by atoms with E-state index in [4.69, 9.17) is 18.0 Å². The molecule has 1 fully saturated rings. The molecule has 4 heteroatoms. The van der Waals surface area contributed by atoms with Crippen molar-refractivity contribution in [3.63, 3.8) is 0 Å². The van der Waals surface area contributed by atoms with Crippen LogP contribution in [-0.2, 0) is 4.79 Å². The van der Waals surface area contributed by atoms with Crippen LogP contribution in [0.3, 0.4) is 0 Å². The van der Waals surface area contributed by atoms with E-state index >= 15 is 0 Å². The summed E-state index contributed by atoms with van der Waals surface area (Å²) in [6.07, 6.45) is 3.68. The molecule has 0 aromatic rings. The number of rotatable bonds is 5. The zero-order chi connectivity index (χ0) is 12.3. The minimum Gasteiger partial charge on any atom is -0.393 e. The number of nitrogens with two attached hydrogens (primary N) is 1. The monoisotopic (exact) mass is 242 g/mol. The lowest BCUT2D eigenvalue weighted by Gasteiger charge is -2.38. The normalized spacial score (nSPS) is 20.0. The Labute approximate surface area is 103 Å². The minimum absolute atomic E-state index is 0.0179. The molecule has 0 saturated heterocycles.